The lowest BCUT2D eigenvalue weighted by atomic mass is 10.3. The van der Waals surface area contributed by atoms with Gasteiger partial charge >= 0.3 is 0 Å². The van der Waals surface area contributed by atoms with E-state index in [1.54, 1.807) is 30.5 Å². The highest BCUT2D eigenvalue weighted by molar-refractivity contribution is 9.13. The topological polar surface area (TPSA) is 25.5 Å². The van der Waals surface area contributed by atoms with Crippen molar-refractivity contribution in [2.75, 3.05) is 0 Å². The summed E-state index contributed by atoms with van der Waals surface area (Å²) < 4.78 is 6.81. The van der Waals surface area contributed by atoms with Crippen LogP contribution in [-0.4, -0.2) is 6.21 Å². The molecule has 0 amide bonds. The minimum atomic E-state index is 0.499. The monoisotopic (exact) mass is 395 g/mol. The van der Waals surface area contributed by atoms with Crippen molar-refractivity contribution in [1.82, 2.24) is 0 Å². The summed E-state index contributed by atoms with van der Waals surface area (Å²) in [6, 6.07) is 6.92. The van der Waals surface area contributed by atoms with Gasteiger partial charge in [0.15, 0.2) is 4.67 Å². The van der Waals surface area contributed by atoms with E-state index >= 15 is 0 Å². The SMILES string of the molecule is Clc1ccc(N=Cc2cc(Br)c(Br)o2)c(Cl)c1. The highest BCUT2D eigenvalue weighted by Crippen LogP contribution is 2.29. The van der Waals surface area contributed by atoms with Crippen LogP contribution in [0.5, 0.6) is 0 Å². The Balaban J connectivity index is 2.25. The molecule has 1 aromatic heterocycles. The maximum Gasteiger partial charge on any atom is 0.184 e. The summed E-state index contributed by atoms with van der Waals surface area (Å²) >= 11 is 18.3. The van der Waals surface area contributed by atoms with Crippen LogP contribution >= 0.6 is 55.1 Å². The predicted octanol–water partition coefficient (Wildman–Crippen LogP) is 5.86. The van der Waals surface area contributed by atoms with Crippen LogP contribution in [0.15, 0.2) is 42.8 Å². The third-order valence-electron chi connectivity index (χ3n) is 1.90. The number of nitrogens with zero attached hydrogens (tertiary/aromatic N) is 1. The molecule has 0 N–H and O–H groups in total. The van der Waals surface area contributed by atoms with Gasteiger partial charge in [0.25, 0.3) is 0 Å². The molecule has 2 aromatic rings. The fourth-order valence-corrected chi connectivity index (χ4v) is 2.21. The van der Waals surface area contributed by atoms with Gasteiger partial charge in [-0.15, -0.1) is 0 Å². The largest absolute Gasteiger partial charge is 0.447 e. The van der Waals surface area contributed by atoms with Crippen molar-refractivity contribution in [2.45, 2.75) is 0 Å². The Hall–Kier alpha value is -0.290. The normalized spacial score (nSPS) is 11.3. The molecule has 2 rings (SSSR count). The highest BCUT2D eigenvalue weighted by atomic mass is 79.9. The van der Waals surface area contributed by atoms with Crippen molar-refractivity contribution < 1.29 is 4.42 Å². The number of benzene rings is 1. The highest BCUT2D eigenvalue weighted by Gasteiger charge is 2.04. The first kappa shape index (κ1) is 13.1. The second-order valence-corrected chi connectivity index (χ2v) is 5.54. The van der Waals surface area contributed by atoms with Gasteiger partial charge < -0.3 is 4.42 Å². The Kier molecular flexibility index (Phi) is 4.31. The van der Waals surface area contributed by atoms with Gasteiger partial charge in [-0.05, 0) is 50.1 Å². The van der Waals surface area contributed by atoms with Crippen LogP contribution < -0.4 is 0 Å². The van der Waals surface area contributed by atoms with E-state index < -0.39 is 0 Å². The molecule has 0 atom stereocenters. The average molecular weight is 398 g/mol. The lowest BCUT2D eigenvalue weighted by Crippen LogP contribution is -1.75. The third kappa shape index (κ3) is 3.35. The van der Waals surface area contributed by atoms with Crippen molar-refractivity contribution in [1.29, 1.82) is 0 Å². The fraction of sp³-hybridized carbons (Fsp3) is 0. The summed E-state index contributed by atoms with van der Waals surface area (Å²) in [7, 11) is 0. The number of rotatable bonds is 2. The first-order chi connectivity index (χ1) is 8.06. The van der Waals surface area contributed by atoms with Gasteiger partial charge in [-0.3, -0.25) is 4.99 Å². The second kappa shape index (κ2) is 5.57. The van der Waals surface area contributed by atoms with E-state index in [9.17, 15) is 0 Å². The van der Waals surface area contributed by atoms with Crippen molar-refractivity contribution >= 4 is 67.0 Å². The Morgan fingerprint density at radius 1 is 1.18 bits per heavy atom. The van der Waals surface area contributed by atoms with Crippen LogP contribution in [-0.2, 0) is 0 Å². The van der Waals surface area contributed by atoms with Gasteiger partial charge in [-0.2, -0.15) is 0 Å². The minimum Gasteiger partial charge on any atom is -0.447 e. The third-order valence-corrected chi connectivity index (χ3v) is 4.15. The lowest BCUT2D eigenvalue weighted by molar-refractivity contribution is 0.533. The molecule has 0 aliphatic heterocycles. The summed E-state index contributed by atoms with van der Waals surface area (Å²) in [5.74, 6) is 0.620. The molecule has 6 heteroatoms. The zero-order valence-electron chi connectivity index (χ0n) is 8.25. The van der Waals surface area contributed by atoms with Gasteiger partial charge in [0.2, 0.25) is 0 Å². The Morgan fingerprint density at radius 2 is 1.94 bits per heavy atom. The fourth-order valence-electron chi connectivity index (χ4n) is 1.15. The maximum atomic E-state index is 5.98. The van der Waals surface area contributed by atoms with E-state index in [0.717, 1.165) is 4.47 Å². The van der Waals surface area contributed by atoms with Gasteiger partial charge in [-0.1, -0.05) is 23.2 Å². The number of hydrogen-bond acceptors (Lipinski definition) is 2. The van der Waals surface area contributed by atoms with Gasteiger partial charge in [0.1, 0.15) is 5.76 Å². The molecular weight excluding hydrogens is 393 g/mol. The minimum absolute atomic E-state index is 0.499. The maximum absolute atomic E-state index is 5.98. The standard InChI is InChI=1S/C11H5Br2Cl2NO/c12-8-4-7(17-11(8)13)5-16-10-2-1-6(14)3-9(10)15/h1-5H. The quantitative estimate of drug-likeness (QED) is 0.582. The van der Waals surface area contributed by atoms with Crippen LogP contribution in [0.25, 0.3) is 0 Å². The molecule has 0 saturated heterocycles. The molecule has 88 valence electrons. The molecule has 1 aromatic carbocycles. The Labute approximate surface area is 125 Å². The number of aliphatic imine (C=N–C) groups is 1. The molecule has 0 aliphatic rings. The zero-order chi connectivity index (χ0) is 12.4. The van der Waals surface area contributed by atoms with Gasteiger partial charge in [0.05, 0.1) is 21.4 Å². The van der Waals surface area contributed by atoms with E-state index in [-0.39, 0.29) is 0 Å². The Bertz CT molecular complexity index is 561. The van der Waals surface area contributed by atoms with Crippen LogP contribution in [0, 0.1) is 0 Å². The summed E-state index contributed by atoms with van der Waals surface area (Å²) in [6.07, 6.45) is 1.59. The van der Waals surface area contributed by atoms with E-state index in [2.05, 4.69) is 36.9 Å². The summed E-state index contributed by atoms with van der Waals surface area (Å²) in [5.41, 5.74) is 0.639. The van der Waals surface area contributed by atoms with Gasteiger partial charge in [-0.25, -0.2) is 0 Å². The molecule has 2 nitrogen and oxygen atoms in total. The number of hydrogen-bond donors (Lipinski definition) is 0. The molecule has 1 heterocycles. The first-order valence-corrected chi connectivity index (χ1v) is 6.84. The number of halogens is 4. The van der Waals surface area contributed by atoms with Crippen LogP contribution in [0.3, 0.4) is 0 Å². The van der Waals surface area contributed by atoms with E-state index in [4.69, 9.17) is 27.6 Å². The first-order valence-electron chi connectivity index (χ1n) is 4.50. The smallest absolute Gasteiger partial charge is 0.184 e. The van der Waals surface area contributed by atoms with E-state index in [1.807, 2.05) is 0 Å². The Morgan fingerprint density at radius 3 is 2.53 bits per heavy atom. The zero-order valence-corrected chi connectivity index (χ0v) is 12.9. The van der Waals surface area contributed by atoms with E-state index in [0.29, 0.717) is 26.2 Å². The average Bonchev–Trinajstić information content (AvgIpc) is 2.57. The van der Waals surface area contributed by atoms with Crippen molar-refractivity contribution in [2.24, 2.45) is 4.99 Å². The molecule has 0 spiro atoms. The molecule has 0 unspecified atom stereocenters. The predicted molar refractivity (Wildman–Crippen MR) is 77.8 cm³/mol. The molecule has 17 heavy (non-hydrogen) atoms. The van der Waals surface area contributed by atoms with Gasteiger partial charge in [0, 0.05) is 11.1 Å². The molecule has 0 saturated carbocycles. The molecule has 0 radical (unpaired) electrons. The van der Waals surface area contributed by atoms with Crippen molar-refractivity contribution in [3.8, 4) is 0 Å². The number of furan rings is 1. The second-order valence-electron chi connectivity index (χ2n) is 3.12. The molecule has 0 bridgehead atoms. The van der Waals surface area contributed by atoms with Crippen LogP contribution in [0.2, 0.25) is 10.0 Å². The molecule has 0 fully saturated rings. The molecule has 0 aliphatic carbocycles. The summed E-state index contributed by atoms with van der Waals surface area (Å²) in [6.45, 7) is 0. The summed E-state index contributed by atoms with van der Waals surface area (Å²) in [4.78, 5) is 4.22. The van der Waals surface area contributed by atoms with E-state index in [1.165, 1.54) is 0 Å². The van der Waals surface area contributed by atoms with Crippen LogP contribution in [0.1, 0.15) is 5.76 Å². The van der Waals surface area contributed by atoms with Crippen molar-refractivity contribution in [3.63, 3.8) is 0 Å². The molecular formula is C11H5Br2Cl2NO. The van der Waals surface area contributed by atoms with Crippen molar-refractivity contribution in [3.05, 3.63) is 49.2 Å². The van der Waals surface area contributed by atoms with Crippen LogP contribution in [0.4, 0.5) is 5.69 Å². The summed E-state index contributed by atoms with van der Waals surface area (Å²) in [5, 5.41) is 1.08. The lowest BCUT2D eigenvalue weighted by Gasteiger charge is -1.97.